The van der Waals surface area contributed by atoms with Gasteiger partial charge in [0, 0.05) is 18.6 Å². The summed E-state index contributed by atoms with van der Waals surface area (Å²) < 4.78 is 0. The molecule has 0 saturated heterocycles. The average molecular weight is 205 g/mol. The third-order valence-electron chi connectivity index (χ3n) is 3.75. The lowest BCUT2D eigenvalue weighted by atomic mass is 9.92. The smallest absolute Gasteiger partial charge is 0.0468 e. The van der Waals surface area contributed by atoms with E-state index in [1.807, 2.05) is 0 Å². The van der Waals surface area contributed by atoms with Crippen LogP contribution >= 0.6 is 0 Å². The van der Waals surface area contributed by atoms with Gasteiger partial charge in [-0.2, -0.15) is 0 Å². The van der Waals surface area contributed by atoms with E-state index in [9.17, 15) is 5.11 Å². The van der Waals surface area contributed by atoms with E-state index in [0.717, 1.165) is 12.8 Å². The predicted octanol–water partition coefficient (Wildman–Crippen LogP) is 1.46. The van der Waals surface area contributed by atoms with Gasteiger partial charge in [-0.1, -0.05) is 31.2 Å². The van der Waals surface area contributed by atoms with E-state index in [1.54, 1.807) is 0 Å². The molecule has 2 rings (SSSR count). The van der Waals surface area contributed by atoms with Gasteiger partial charge in [-0.25, -0.2) is 0 Å². The first-order valence-electron chi connectivity index (χ1n) is 5.67. The van der Waals surface area contributed by atoms with E-state index < -0.39 is 0 Å². The Morgan fingerprint density at radius 1 is 1.40 bits per heavy atom. The van der Waals surface area contributed by atoms with Gasteiger partial charge in [0.05, 0.1) is 0 Å². The van der Waals surface area contributed by atoms with Crippen molar-refractivity contribution in [1.82, 2.24) is 0 Å². The summed E-state index contributed by atoms with van der Waals surface area (Å²) in [6, 6.07) is 8.67. The van der Waals surface area contributed by atoms with Gasteiger partial charge in [0.15, 0.2) is 0 Å². The molecular formula is C13H19NO. The molecule has 2 atom stereocenters. The molecule has 3 N–H and O–H groups in total. The number of aryl methyl sites for hydroxylation is 1. The second-order valence-electron chi connectivity index (χ2n) is 4.49. The molecule has 1 fully saturated rings. The summed E-state index contributed by atoms with van der Waals surface area (Å²) in [5.41, 5.74) is 8.54. The van der Waals surface area contributed by atoms with Crippen molar-refractivity contribution in [3.05, 3.63) is 35.4 Å². The zero-order chi connectivity index (χ0) is 10.9. The second-order valence-corrected chi connectivity index (χ2v) is 4.49. The monoisotopic (exact) mass is 205 g/mol. The summed E-state index contributed by atoms with van der Waals surface area (Å²) in [5.74, 6) is 0.370. The Kier molecular flexibility index (Phi) is 2.81. The third-order valence-corrected chi connectivity index (χ3v) is 3.75. The number of benzene rings is 1. The second kappa shape index (κ2) is 3.95. The quantitative estimate of drug-likeness (QED) is 0.781. The first kappa shape index (κ1) is 10.7. The number of nitrogens with two attached hydrogens (primary N) is 1. The largest absolute Gasteiger partial charge is 0.396 e. The molecule has 0 unspecified atom stereocenters. The number of aliphatic hydroxyl groups is 1. The Morgan fingerprint density at radius 3 is 2.47 bits per heavy atom. The molecule has 82 valence electrons. The molecule has 15 heavy (non-hydrogen) atoms. The van der Waals surface area contributed by atoms with Crippen molar-refractivity contribution >= 4 is 0 Å². The molecule has 1 aliphatic rings. The summed E-state index contributed by atoms with van der Waals surface area (Å²) in [7, 11) is 0. The van der Waals surface area contributed by atoms with Crippen LogP contribution in [0, 0.1) is 5.92 Å². The molecule has 0 bridgehead atoms. The molecule has 1 aromatic carbocycles. The zero-order valence-corrected chi connectivity index (χ0v) is 9.24. The number of hydrogen-bond donors (Lipinski definition) is 2. The van der Waals surface area contributed by atoms with Crippen LogP contribution in [0.15, 0.2) is 24.3 Å². The average Bonchev–Trinajstić information content (AvgIpc) is 3.04. The van der Waals surface area contributed by atoms with E-state index in [1.165, 1.54) is 11.1 Å². The third kappa shape index (κ3) is 1.68. The van der Waals surface area contributed by atoms with Crippen molar-refractivity contribution in [1.29, 1.82) is 0 Å². The minimum atomic E-state index is 0.0705. The highest BCUT2D eigenvalue weighted by molar-refractivity contribution is 5.36. The maximum Gasteiger partial charge on any atom is 0.0468 e. The first-order chi connectivity index (χ1) is 7.26. The first-order valence-corrected chi connectivity index (χ1v) is 5.67. The van der Waals surface area contributed by atoms with Gasteiger partial charge in [-0.3, -0.25) is 0 Å². The van der Waals surface area contributed by atoms with Crippen LogP contribution in [0.4, 0.5) is 0 Å². The van der Waals surface area contributed by atoms with Crippen molar-refractivity contribution in [3.8, 4) is 0 Å². The molecular weight excluding hydrogens is 186 g/mol. The van der Waals surface area contributed by atoms with Crippen LogP contribution in [-0.4, -0.2) is 18.3 Å². The summed E-state index contributed by atoms with van der Waals surface area (Å²) in [6.45, 7) is 3.05. The van der Waals surface area contributed by atoms with Crippen molar-refractivity contribution in [2.24, 2.45) is 11.7 Å². The minimum Gasteiger partial charge on any atom is -0.396 e. The molecule has 0 radical (unpaired) electrons. The van der Waals surface area contributed by atoms with Crippen LogP contribution in [0.25, 0.3) is 0 Å². The Labute approximate surface area is 91.1 Å². The van der Waals surface area contributed by atoms with Crippen molar-refractivity contribution in [3.63, 3.8) is 0 Å². The predicted molar refractivity (Wildman–Crippen MR) is 61.7 cm³/mol. The standard InChI is InChI=1S/C13H19NO/c1-2-10-3-5-11(6-4-10)13(9-14)7-12(13)8-15/h3-6,12,15H,2,7-9,14H2,1H3/t12-,13+/m1/s1. The van der Waals surface area contributed by atoms with Crippen LogP contribution < -0.4 is 5.73 Å². The van der Waals surface area contributed by atoms with Gasteiger partial charge in [0.2, 0.25) is 0 Å². The molecule has 1 aliphatic carbocycles. The van der Waals surface area contributed by atoms with Gasteiger partial charge >= 0.3 is 0 Å². The molecule has 2 heteroatoms. The van der Waals surface area contributed by atoms with E-state index in [0.29, 0.717) is 12.5 Å². The lowest BCUT2D eigenvalue weighted by molar-refractivity contribution is 0.264. The topological polar surface area (TPSA) is 46.2 Å². The van der Waals surface area contributed by atoms with E-state index in [2.05, 4.69) is 31.2 Å². The van der Waals surface area contributed by atoms with Gasteiger partial charge in [-0.05, 0) is 29.9 Å². The normalized spacial score (nSPS) is 29.1. The fourth-order valence-corrected chi connectivity index (χ4v) is 2.41. The molecule has 2 nitrogen and oxygen atoms in total. The summed E-state index contributed by atoms with van der Waals surface area (Å²) >= 11 is 0. The summed E-state index contributed by atoms with van der Waals surface area (Å²) in [5, 5.41) is 9.18. The number of hydrogen-bond acceptors (Lipinski definition) is 2. The van der Waals surface area contributed by atoms with Crippen LogP contribution in [-0.2, 0) is 11.8 Å². The van der Waals surface area contributed by atoms with Crippen molar-refractivity contribution in [2.75, 3.05) is 13.2 Å². The van der Waals surface area contributed by atoms with E-state index in [-0.39, 0.29) is 12.0 Å². The van der Waals surface area contributed by atoms with Crippen molar-refractivity contribution in [2.45, 2.75) is 25.2 Å². The van der Waals surface area contributed by atoms with Gasteiger partial charge in [0.1, 0.15) is 0 Å². The maximum absolute atomic E-state index is 9.18. The molecule has 0 aliphatic heterocycles. The lowest BCUT2D eigenvalue weighted by Gasteiger charge is -2.15. The summed E-state index contributed by atoms with van der Waals surface area (Å²) in [4.78, 5) is 0. The van der Waals surface area contributed by atoms with Crippen molar-refractivity contribution < 1.29 is 5.11 Å². The SMILES string of the molecule is CCc1ccc([C@@]2(CN)C[C@@H]2CO)cc1. The fraction of sp³-hybridized carbons (Fsp3) is 0.538. The highest BCUT2D eigenvalue weighted by atomic mass is 16.3. The molecule has 0 aromatic heterocycles. The van der Waals surface area contributed by atoms with Crippen LogP contribution in [0.5, 0.6) is 0 Å². The van der Waals surface area contributed by atoms with E-state index >= 15 is 0 Å². The Balaban J connectivity index is 2.22. The number of rotatable bonds is 4. The highest BCUT2D eigenvalue weighted by Crippen LogP contribution is 2.53. The minimum absolute atomic E-state index is 0.0705. The maximum atomic E-state index is 9.18. The van der Waals surface area contributed by atoms with Gasteiger partial charge in [-0.15, -0.1) is 0 Å². The molecule has 0 spiro atoms. The summed E-state index contributed by atoms with van der Waals surface area (Å²) in [6.07, 6.45) is 2.10. The Bertz CT molecular complexity index is 333. The Hall–Kier alpha value is -0.860. The highest BCUT2D eigenvalue weighted by Gasteiger charge is 2.53. The Morgan fingerprint density at radius 2 is 2.07 bits per heavy atom. The van der Waals surface area contributed by atoms with Crippen LogP contribution in [0.2, 0.25) is 0 Å². The van der Waals surface area contributed by atoms with Gasteiger partial charge in [0.25, 0.3) is 0 Å². The van der Waals surface area contributed by atoms with E-state index in [4.69, 9.17) is 5.73 Å². The zero-order valence-electron chi connectivity index (χ0n) is 9.24. The van der Waals surface area contributed by atoms with Crippen LogP contribution in [0.1, 0.15) is 24.5 Å². The van der Waals surface area contributed by atoms with Crippen LogP contribution in [0.3, 0.4) is 0 Å². The lowest BCUT2D eigenvalue weighted by Crippen LogP contribution is -2.23. The molecule has 0 heterocycles. The molecule has 0 amide bonds. The van der Waals surface area contributed by atoms with Gasteiger partial charge < -0.3 is 10.8 Å². The molecule has 1 saturated carbocycles. The fourth-order valence-electron chi connectivity index (χ4n) is 2.41. The molecule has 1 aromatic rings. The number of aliphatic hydroxyl groups excluding tert-OH is 1.